The van der Waals surface area contributed by atoms with Crippen LogP contribution in [0.15, 0.2) is 12.3 Å². The van der Waals surface area contributed by atoms with Gasteiger partial charge in [-0.25, -0.2) is 14.2 Å². The summed E-state index contributed by atoms with van der Waals surface area (Å²) in [6, 6.07) is 1.12. The van der Waals surface area contributed by atoms with Crippen LogP contribution in [-0.4, -0.2) is 36.1 Å². The van der Waals surface area contributed by atoms with E-state index in [1.165, 1.54) is 0 Å². The number of carbonyl (C=O) groups is 2. The molecule has 0 aliphatic rings. The summed E-state index contributed by atoms with van der Waals surface area (Å²) >= 11 is 0. The number of ether oxygens (including phenoxy) is 1. The molecule has 0 saturated carbocycles. The molecule has 0 spiro atoms. The Labute approximate surface area is 116 Å². The number of rotatable bonds is 5. The van der Waals surface area contributed by atoms with Crippen LogP contribution in [0.5, 0.6) is 0 Å². The van der Waals surface area contributed by atoms with Gasteiger partial charge in [-0.3, -0.25) is 4.79 Å². The normalized spacial score (nSPS) is 10.8. The summed E-state index contributed by atoms with van der Waals surface area (Å²) < 4.78 is 18.3. The van der Waals surface area contributed by atoms with E-state index in [2.05, 4.69) is 15.6 Å². The van der Waals surface area contributed by atoms with Crippen LogP contribution in [0.1, 0.15) is 31.1 Å². The maximum absolute atomic E-state index is 13.3. The van der Waals surface area contributed by atoms with Crippen molar-refractivity contribution in [2.45, 2.75) is 26.4 Å². The van der Waals surface area contributed by atoms with Crippen molar-refractivity contribution >= 4 is 18.2 Å². The van der Waals surface area contributed by atoms with E-state index >= 15 is 0 Å². The molecule has 6 nitrogen and oxygen atoms in total. The third kappa shape index (κ3) is 5.64. The van der Waals surface area contributed by atoms with Gasteiger partial charge < -0.3 is 15.4 Å². The lowest BCUT2D eigenvalue weighted by Crippen LogP contribution is -2.35. The second-order valence-electron chi connectivity index (χ2n) is 5.06. The highest BCUT2D eigenvalue weighted by Gasteiger charge is 2.15. The number of hydrogen-bond donors (Lipinski definition) is 2. The van der Waals surface area contributed by atoms with Gasteiger partial charge >= 0.3 is 6.09 Å². The second kappa shape index (κ2) is 6.83. The van der Waals surface area contributed by atoms with Crippen LogP contribution in [0.3, 0.4) is 0 Å². The Morgan fingerprint density at radius 1 is 1.45 bits per heavy atom. The number of anilines is 1. The molecule has 1 rings (SSSR count). The first-order valence-corrected chi connectivity index (χ1v) is 6.13. The molecule has 1 amide bonds. The van der Waals surface area contributed by atoms with Crippen molar-refractivity contribution in [1.82, 2.24) is 10.3 Å². The summed E-state index contributed by atoms with van der Waals surface area (Å²) in [4.78, 5) is 25.6. The number of hydrogen-bond acceptors (Lipinski definition) is 5. The average molecular weight is 283 g/mol. The van der Waals surface area contributed by atoms with Crippen molar-refractivity contribution in [2.24, 2.45) is 0 Å². The van der Waals surface area contributed by atoms with Crippen molar-refractivity contribution in [2.75, 3.05) is 18.4 Å². The third-order valence-corrected chi connectivity index (χ3v) is 2.11. The minimum Gasteiger partial charge on any atom is -0.444 e. The van der Waals surface area contributed by atoms with E-state index in [0.29, 0.717) is 25.2 Å². The maximum Gasteiger partial charge on any atom is 0.407 e. The molecule has 1 aromatic heterocycles. The summed E-state index contributed by atoms with van der Waals surface area (Å²) in [6.45, 7) is 5.96. The SMILES string of the molecule is CC(C)(C)OC(=O)NCCNc1cc(F)c(C=O)cn1. The second-order valence-corrected chi connectivity index (χ2v) is 5.06. The van der Waals surface area contributed by atoms with Crippen molar-refractivity contribution in [3.05, 3.63) is 23.6 Å². The fourth-order valence-corrected chi connectivity index (χ4v) is 1.29. The topological polar surface area (TPSA) is 80.3 Å². The zero-order chi connectivity index (χ0) is 15.2. The van der Waals surface area contributed by atoms with Gasteiger partial charge in [0, 0.05) is 25.4 Å². The molecule has 0 aliphatic carbocycles. The van der Waals surface area contributed by atoms with Gasteiger partial charge in [0.2, 0.25) is 0 Å². The highest BCUT2D eigenvalue weighted by molar-refractivity contribution is 5.75. The molecule has 7 heteroatoms. The van der Waals surface area contributed by atoms with E-state index in [0.717, 1.165) is 12.3 Å². The summed E-state index contributed by atoms with van der Waals surface area (Å²) in [6.07, 6.45) is 1.03. The standard InChI is InChI=1S/C13H18FN3O3/c1-13(2,3)20-12(19)16-5-4-15-11-6-10(14)9(8-18)7-17-11/h6-8H,4-5H2,1-3H3,(H,15,17)(H,16,19). The first kappa shape index (κ1) is 15.9. The Hall–Kier alpha value is -2.18. The van der Waals surface area contributed by atoms with Crippen molar-refractivity contribution < 1.29 is 18.7 Å². The van der Waals surface area contributed by atoms with Gasteiger partial charge in [-0.2, -0.15) is 0 Å². The number of nitrogens with one attached hydrogen (secondary N) is 2. The summed E-state index contributed by atoms with van der Waals surface area (Å²) in [5.41, 5.74) is -0.644. The van der Waals surface area contributed by atoms with Gasteiger partial charge in [0.15, 0.2) is 6.29 Å². The van der Waals surface area contributed by atoms with Crippen LogP contribution in [0.2, 0.25) is 0 Å². The molecule has 20 heavy (non-hydrogen) atoms. The molecule has 1 aromatic rings. The van der Waals surface area contributed by atoms with Gasteiger partial charge in [0.1, 0.15) is 17.2 Å². The van der Waals surface area contributed by atoms with Gasteiger partial charge in [0.05, 0.1) is 5.56 Å². The van der Waals surface area contributed by atoms with Crippen LogP contribution < -0.4 is 10.6 Å². The lowest BCUT2D eigenvalue weighted by Gasteiger charge is -2.19. The maximum atomic E-state index is 13.3. The van der Waals surface area contributed by atoms with E-state index in [-0.39, 0.29) is 5.56 Å². The van der Waals surface area contributed by atoms with Crippen molar-refractivity contribution in [1.29, 1.82) is 0 Å². The number of aldehydes is 1. The van der Waals surface area contributed by atoms with Crippen LogP contribution in [0.25, 0.3) is 0 Å². The number of nitrogens with zero attached hydrogens (tertiary/aromatic N) is 1. The molecule has 0 unspecified atom stereocenters. The minimum atomic E-state index is -0.641. The summed E-state index contributed by atoms with van der Waals surface area (Å²) in [5.74, 6) is -0.350. The molecule has 0 aromatic carbocycles. The molecule has 2 N–H and O–H groups in total. The summed E-state index contributed by atoms with van der Waals surface area (Å²) in [7, 11) is 0. The Bertz CT molecular complexity index is 486. The predicted octanol–water partition coefficient (Wildman–Crippen LogP) is 1.97. The third-order valence-electron chi connectivity index (χ3n) is 2.11. The highest BCUT2D eigenvalue weighted by Crippen LogP contribution is 2.09. The minimum absolute atomic E-state index is 0.0950. The number of aromatic nitrogens is 1. The Balaban J connectivity index is 2.33. The molecule has 0 atom stereocenters. The molecule has 0 radical (unpaired) electrons. The number of pyridine rings is 1. The Morgan fingerprint density at radius 2 is 2.15 bits per heavy atom. The fraction of sp³-hybridized carbons (Fsp3) is 0.462. The van der Waals surface area contributed by atoms with Gasteiger partial charge in [-0.05, 0) is 20.8 Å². The zero-order valence-corrected chi connectivity index (χ0v) is 11.7. The largest absolute Gasteiger partial charge is 0.444 e. The molecule has 0 saturated heterocycles. The molecule has 110 valence electrons. The van der Waals surface area contributed by atoms with E-state index in [9.17, 15) is 14.0 Å². The van der Waals surface area contributed by atoms with Gasteiger partial charge in [0.25, 0.3) is 0 Å². The zero-order valence-electron chi connectivity index (χ0n) is 11.7. The number of amides is 1. The van der Waals surface area contributed by atoms with Crippen molar-refractivity contribution in [3.63, 3.8) is 0 Å². The number of carbonyl (C=O) groups excluding carboxylic acids is 2. The lowest BCUT2D eigenvalue weighted by molar-refractivity contribution is 0.0530. The van der Waals surface area contributed by atoms with E-state index in [1.807, 2.05) is 0 Å². The van der Waals surface area contributed by atoms with E-state index in [1.54, 1.807) is 20.8 Å². The van der Waals surface area contributed by atoms with Crippen LogP contribution in [0.4, 0.5) is 15.0 Å². The average Bonchev–Trinajstić information content (AvgIpc) is 2.33. The van der Waals surface area contributed by atoms with E-state index < -0.39 is 17.5 Å². The van der Waals surface area contributed by atoms with Gasteiger partial charge in [-0.1, -0.05) is 0 Å². The van der Waals surface area contributed by atoms with Crippen LogP contribution in [-0.2, 0) is 4.74 Å². The van der Waals surface area contributed by atoms with Crippen molar-refractivity contribution in [3.8, 4) is 0 Å². The van der Waals surface area contributed by atoms with Crippen LogP contribution >= 0.6 is 0 Å². The molecule has 1 heterocycles. The fourth-order valence-electron chi connectivity index (χ4n) is 1.29. The number of alkyl carbamates (subject to hydrolysis) is 1. The Morgan fingerprint density at radius 3 is 2.70 bits per heavy atom. The lowest BCUT2D eigenvalue weighted by atomic mass is 10.2. The quantitative estimate of drug-likeness (QED) is 0.638. The molecule has 0 aliphatic heterocycles. The molecular weight excluding hydrogens is 265 g/mol. The number of halogens is 1. The van der Waals surface area contributed by atoms with E-state index in [4.69, 9.17) is 4.74 Å². The van der Waals surface area contributed by atoms with Crippen LogP contribution in [0, 0.1) is 5.82 Å². The first-order valence-electron chi connectivity index (χ1n) is 6.13. The smallest absolute Gasteiger partial charge is 0.407 e. The predicted molar refractivity (Wildman–Crippen MR) is 72.3 cm³/mol. The Kier molecular flexibility index (Phi) is 5.42. The first-order chi connectivity index (χ1) is 9.31. The molecule has 0 fully saturated rings. The highest BCUT2D eigenvalue weighted by atomic mass is 19.1. The summed E-state index contributed by atoms with van der Waals surface area (Å²) in [5, 5.41) is 5.36. The monoisotopic (exact) mass is 283 g/mol. The molecular formula is C13H18FN3O3. The molecule has 0 bridgehead atoms. The van der Waals surface area contributed by atoms with Gasteiger partial charge in [-0.15, -0.1) is 0 Å².